The molecular formula is C22H12N4O12S2Se. The molecule has 0 saturated heterocycles. The predicted octanol–water partition coefficient (Wildman–Crippen LogP) is 4.55. The number of hydrogen-bond acceptors (Lipinski definition) is 11. The molecule has 1 aliphatic rings. The van der Waals surface area contributed by atoms with Gasteiger partial charge in [0, 0.05) is 0 Å². The minimum atomic E-state index is -4.92. The summed E-state index contributed by atoms with van der Waals surface area (Å²) in [6, 6.07) is 13.3. The summed E-state index contributed by atoms with van der Waals surface area (Å²) in [7, 11) is -4.92. The van der Waals surface area contributed by atoms with Gasteiger partial charge in [-0.15, -0.1) is 0 Å². The second kappa shape index (κ2) is 11.2. The van der Waals surface area contributed by atoms with Gasteiger partial charge < -0.3 is 4.55 Å². The molecule has 0 fully saturated rings. The fraction of sp³-hybridized carbons (Fsp3) is 0.0455. The van der Waals surface area contributed by atoms with Crippen molar-refractivity contribution in [1.29, 1.82) is 0 Å². The maximum absolute atomic E-state index is 12.0. The Morgan fingerprint density at radius 3 is 1.59 bits per heavy atom. The number of nitro groups is 4. The Morgan fingerprint density at radius 2 is 1.20 bits per heavy atom. The van der Waals surface area contributed by atoms with E-state index in [9.17, 15) is 40.5 Å². The molecule has 0 aliphatic heterocycles. The van der Waals surface area contributed by atoms with E-state index in [1.54, 1.807) is 0 Å². The van der Waals surface area contributed by atoms with Crippen LogP contribution in [0.4, 0.5) is 22.7 Å². The van der Waals surface area contributed by atoms with Crippen molar-refractivity contribution < 1.29 is 37.2 Å². The SMILES string of the molecule is O=S(=O)([O-])O.O=[N+]([O-])c1cc2c(c([N+](=O)[O-])c1)-c1c(cc([N+](=O)[O-])cc1[N+](=O)[O-])C2c1[s+]c(-c2ccccc2)c[se]1. The van der Waals surface area contributed by atoms with Gasteiger partial charge in [-0.2, -0.15) is 0 Å². The van der Waals surface area contributed by atoms with Gasteiger partial charge >= 0.3 is 211 Å². The van der Waals surface area contributed by atoms with Gasteiger partial charge in [0.15, 0.2) is 0 Å². The second-order valence-electron chi connectivity index (χ2n) is 8.13. The van der Waals surface area contributed by atoms with E-state index in [1.165, 1.54) is 23.5 Å². The third-order valence-corrected chi connectivity index (χ3v) is 9.83. The Hall–Kier alpha value is -4.52. The van der Waals surface area contributed by atoms with Gasteiger partial charge in [-0.3, -0.25) is 4.55 Å². The zero-order valence-electron chi connectivity index (χ0n) is 19.8. The molecule has 0 radical (unpaired) electrons. The average molecular weight is 667 g/mol. The van der Waals surface area contributed by atoms with Crippen LogP contribution in [0.25, 0.3) is 21.6 Å². The molecule has 1 N–H and O–H groups in total. The monoisotopic (exact) mass is 668 g/mol. The van der Waals surface area contributed by atoms with Crippen LogP contribution >= 0.6 is 11.3 Å². The molecule has 0 bridgehead atoms. The molecule has 1 heterocycles. The summed E-state index contributed by atoms with van der Waals surface area (Å²) in [4.78, 5) is 46.8. The van der Waals surface area contributed by atoms with Gasteiger partial charge in [0.05, 0.1) is 0 Å². The van der Waals surface area contributed by atoms with Crippen LogP contribution in [0, 0.1) is 40.5 Å². The van der Waals surface area contributed by atoms with Crippen molar-refractivity contribution in [3.05, 3.63) is 115 Å². The molecule has 210 valence electrons. The van der Waals surface area contributed by atoms with Crippen LogP contribution in [0.1, 0.15) is 20.8 Å². The molecule has 1 aromatic heterocycles. The van der Waals surface area contributed by atoms with Crippen molar-refractivity contribution in [3.8, 4) is 21.6 Å². The molecule has 1 aliphatic carbocycles. The molecule has 5 rings (SSSR count). The maximum atomic E-state index is 12.0. The fourth-order valence-corrected chi connectivity index (χ4v) is 8.49. The third kappa shape index (κ3) is 6.14. The topological polar surface area (TPSA) is 250 Å². The molecule has 19 heteroatoms. The van der Waals surface area contributed by atoms with Crippen LogP contribution in [-0.4, -0.2) is 51.7 Å². The van der Waals surface area contributed by atoms with E-state index < -0.39 is 58.8 Å². The summed E-state index contributed by atoms with van der Waals surface area (Å²) in [5.41, 5.74) is -1.41. The van der Waals surface area contributed by atoms with Crippen molar-refractivity contribution in [2.24, 2.45) is 0 Å². The zero-order valence-corrected chi connectivity index (χ0v) is 23.1. The molecule has 41 heavy (non-hydrogen) atoms. The van der Waals surface area contributed by atoms with Gasteiger partial charge in [-0.05, 0) is 0 Å². The Morgan fingerprint density at radius 1 is 0.756 bits per heavy atom. The zero-order chi connectivity index (χ0) is 30.2. The van der Waals surface area contributed by atoms with Gasteiger partial charge in [0.2, 0.25) is 10.4 Å². The average Bonchev–Trinajstić information content (AvgIpc) is 3.49. The van der Waals surface area contributed by atoms with E-state index in [2.05, 4.69) is 0 Å². The van der Waals surface area contributed by atoms with Crippen LogP contribution in [-0.2, 0) is 10.4 Å². The first-order valence-corrected chi connectivity index (χ1v) is 14.8. The Bertz CT molecular complexity index is 1770. The number of nitro benzene ring substituents is 4. The molecule has 0 atom stereocenters. The molecule has 3 aromatic carbocycles. The van der Waals surface area contributed by atoms with Crippen molar-refractivity contribution in [2.75, 3.05) is 0 Å². The molecule has 0 saturated carbocycles. The summed E-state index contributed by atoms with van der Waals surface area (Å²) >= 11 is 1.06. The third-order valence-electron chi connectivity index (χ3n) is 5.74. The molecule has 16 nitrogen and oxygen atoms in total. The minimum absolute atomic E-state index is 0.121. The number of non-ortho nitro benzene ring substituents is 2. The van der Waals surface area contributed by atoms with Crippen molar-refractivity contribution >= 4 is 59.0 Å². The standard InChI is InChI=1S/C22H11N4O8SSe.H2O4S/c27-23(28)12-6-14-19(22-35-18(10-36-22)11-4-2-1-3-5-11)15-7-13(24(29)30)9-17(26(33)34)21(15)20(14)16(8-12)25(31)32;1-5(2,3)4/h1-10,19H;(H2,1,2,3,4)/q+1;/p-1. The van der Waals surface area contributed by atoms with Crippen LogP contribution < -0.4 is 0 Å². The molecule has 0 amide bonds. The van der Waals surface area contributed by atoms with E-state index in [1.807, 2.05) is 35.3 Å². The molecule has 0 unspecified atom stereocenters. The first kappa shape index (κ1) is 29.5. The fourth-order valence-electron chi connectivity index (χ4n) is 4.31. The first-order valence-electron chi connectivity index (χ1n) is 10.8. The molecular weight excluding hydrogens is 655 g/mol. The van der Waals surface area contributed by atoms with Gasteiger partial charge in [-0.25, -0.2) is 8.42 Å². The van der Waals surface area contributed by atoms with Crippen molar-refractivity contribution in [1.82, 2.24) is 0 Å². The second-order valence-corrected chi connectivity index (χ2v) is 12.6. The Kier molecular flexibility index (Phi) is 8.02. The number of rotatable bonds is 6. The summed E-state index contributed by atoms with van der Waals surface area (Å²) in [5.74, 6) is -0.838. The van der Waals surface area contributed by atoms with E-state index >= 15 is 0 Å². The van der Waals surface area contributed by atoms with Crippen molar-refractivity contribution in [2.45, 2.75) is 5.92 Å². The van der Waals surface area contributed by atoms with Gasteiger partial charge in [-0.1, -0.05) is 0 Å². The number of fused-ring (bicyclic) bond motifs is 3. The number of nitrogens with zero attached hydrogens (tertiary/aromatic N) is 4. The van der Waals surface area contributed by atoms with E-state index in [-0.39, 0.29) is 36.8 Å². The van der Waals surface area contributed by atoms with Crippen LogP contribution in [0.5, 0.6) is 0 Å². The summed E-state index contributed by atoms with van der Waals surface area (Å²) < 4.78 is 33.6. The Labute approximate surface area is 238 Å². The predicted molar refractivity (Wildman–Crippen MR) is 143 cm³/mol. The quantitative estimate of drug-likeness (QED) is 0.0654. The normalized spacial score (nSPS) is 12.0. The van der Waals surface area contributed by atoms with E-state index in [0.29, 0.717) is 0 Å². The summed E-state index contributed by atoms with van der Waals surface area (Å²) in [6.45, 7) is 0. The number of benzene rings is 3. The van der Waals surface area contributed by atoms with Crippen LogP contribution in [0.3, 0.4) is 0 Å². The van der Waals surface area contributed by atoms with Crippen LogP contribution in [0.2, 0.25) is 0 Å². The Balaban J connectivity index is 0.000000714. The molecule has 0 spiro atoms. The van der Waals surface area contributed by atoms with Gasteiger partial charge in [0.1, 0.15) is 0 Å². The number of hydrogen-bond donors (Lipinski definition) is 1. The van der Waals surface area contributed by atoms with Gasteiger partial charge in [0.25, 0.3) is 0 Å². The van der Waals surface area contributed by atoms with E-state index in [4.69, 9.17) is 17.5 Å². The first-order chi connectivity index (χ1) is 19.2. The van der Waals surface area contributed by atoms with E-state index in [0.717, 1.165) is 26.3 Å². The van der Waals surface area contributed by atoms with Crippen molar-refractivity contribution in [3.63, 3.8) is 0 Å². The summed E-state index contributed by atoms with van der Waals surface area (Å²) in [6.07, 6.45) is 0. The summed E-state index contributed by atoms with van der Waals surface area (Å²) in [5, 5.41) is 47.1. The van der Waals surface area contributed by atoms with Crippen LogP contribution in [0.15, 0.2) is 59.5 Å². The molecule has 4 aromatic rings.